The molecule has 2 aliphatic heterocycles. The summed E-state index contributed by atoms with van der Waals surface area (Å²) in [5, 5.41) is 19.4. The summed E-state index contributed by atoms with van der Waals surface area (Å²) in [5.41, 5.74) is 2.41. The van der Waals surface area contributed by atoms with Crippen molar-refractivity contribution in [2.45, 2.75) is 38.1 Å². The average molecular weight is 318 g/mol. The molecule has 22 heavy (non-hydrogen) atoms. The molecule has 0 radical (unpaired) electrons. The third kappa shape index (κ3) is 2.60. The lowest BCUT2D eigenvalue weighted by Gasteiger charge is -2.42. The van der Waals surface area contributed by atoms with Gasteiger partial charge in [-0.15, -0.1) is 11.3 Å². The first kappa shape index (κ1) is 14.4. The first-order valence-electron chi connectivity index (χ1n) is 7.93. The lowest BCUT2D eigenvalue weighted by atomic mass is 10.1. The highest BCUT2D eigenvalue weighted by Crippen LogP contribution is 2.30. The van der Waals surface area contributed by atoms with E-state index in [4.69, 9.17) is 0 Å². The monoisotopic (exact) mass is 318 g/mol. The van der Waals surface area contributed by atoms with Crippen LogP contribution in [0.25, 0.3) is 10.6 Å². The molecule has 2 aromatic rings. The SMILES string of the molecule is C[C@@H]1CN2C[C@H](O)C[C@H]2CN1Cc1cn[nH]c1-c1cccs1. The summed E-state index contributed by atoms with van der Waals surface area (Å²) < 4.78 is 0. The van der Waals surface area contributed by atoms with Gasteiger partial charge < -0.3 is 5.11 Å². The number of piperazine rings is 1. The van der Waals surface area contributed by atoms with Crippen LogP contribution in [0.2, 0.25) is 0 Å². The van der Waals surface area contributed by atoms with E-state index in [1.165, 1.54) is 10.4 Å². The molecule has 3 atom stereocenters. The minimum atomic E-state index is -0.146. The average Bonchev–Trinajstić information content (AvgIpc) is 3.18. The third-order valence-electron chi connectivity index (χ3n) is 4.93. The molecule has 0 amide bonds. The van der Waals surface area contributed by atoms with Gasteiger partial charge in [0.1, 0.15) is 0 Å². The summed E-state index contributed by atoms with van der Waals surface area (Å²) in [7, 11) is 0. The minimum absolute atomic E-state index is 0.146. The molecule has 0 unspecified atom stereocenters. The molecule has 118 valence electrons. The van der Waals surface area contributed by atoms with E-state index in [-0.39, 0.29) is 6.10 Å². The van der Waals surface area contributed by atoms with Crippen molar-refractivity contribution >= 4 is 11.3 Å². The molecule has 2 aromatic heterocycles. The van der Waals surface area contributed by atoms with E-state index < -0.39 is 0 Å². The molecule has 5 nitrogen and oxygen atoms in total. The van der Waals surface area contributed by atoms with Crippen LogP contribution in [0.5, 0.6) is 0 Å². The van der Waals surface area contributed by atoms with E-state index in [1.807, 2.05) is 6.20 Å². The maximum atomic E-state index is 9.88. The fraction of sp³-hybridized carbons (Fsp3) is 0.562. The van der Waals surface area contributed by atoms with Crippen molar-refractivity contribution < 1.29 is 5.11 Å². The number of aliphatic hydroxyl groups is 1. The van der Waals surface area contributed by atoms with Gasteiger partial charge in [0.2, 0.25) is 0 Å². The summed E-state index contributed by atoms with van der Waals surface area (Å²) >= 11 is 1.74. The van der Waals surface area contributed by atoms with Crippen molar-refractivity contribution in [2.24, 2.45) is 0 Å². The third-order valence-corrected chi connectivity index (χ3v) is 5.82. The zero-order chi connectivity index (χ0) is 15.1. The number of aromatic amines is 1. The van der Waals surface area contributed by atoms with Crippen molar-refractivity contribution in [2.75, 3.05) is 19.6 Å². The van der Waals surface area contributed by atoms with Crippen LogP contribution in [-0.4, -0.2) is 62.9 Å². The molecule has 2 N–H and O–H groups in total. The molecular formula is C16H22N4OS. The molecule has 0 bridgehead atoms. The highest BCUT2D eigenvalue weighted by atomic mass is 32.1. The number of H-pyrrole nitrogens is 1. The van der Waals surface area contributed by atoms with Crippen molar-refractivity contribution in [1.29, 1.82) is 0 Å². The lowest BCUT2D eigenvalue weighted by Crippen LogP contribution is -2.54. The fourth-order valence-electron chi connectivity index (χ4n) is 3.78. The van der Waals surface area contributed by atoms with Crippen LogP contribution < -0.4 is 0 Å². The van der Waals surface area contributed by atoms with Gasteiger partial charge in [-0.2, -0.15) is 5.10 Å². The normalized spacial score (nSPS) is 29.8. The summed E-state index contributed by atoms with van der Waals surface area (Å²) in [5.74, 6) is 0. The molecule has 6 heteroatoms. The van der Waals surface area contributed by atoms with Crippen LogP contribution in [0.1, 0.15) is 18.9 Å². The number of hydrogen-bond donors (Lipinski definition) is 2. The Morgan fingerprint density at radius 2 is 2.32 bits per heavy atom. The van der Waals surface area contributed by atoms with Crippen LogP contribution in [-0.2, 0) is 6.54 Å². The van der Waals surface area contributed by atoms with Crippen LogP contribution in [0.3, 0.4) is 0 Å². The van der Waals surface area contributed by atoms with E-state index in [2.05, 4.69) is 44.4 Å². The predicted octanol–water partition coefficient (Wildman–Crippen LogP) is 1.78. The first-order valence-corrected chi connectivity index (χ1v) is 8.81. The van der Waals surface area contributed by atoms with Gasteiger partial charge in [-0.05, 0) is 24.8 Å². The largest absolute Gasteiger partial charge is 0.392 e. The number of thiophene rings is 1. The molecule has 2 aliphatic rings. The Morgan fingerprint density at radius 1 is 1.41 bits per heavy atom. The molecule has 2 saturated heterocycles. The lowest BCUT2D eigenvalue weighted by molar-refractivity contribution is 0.0530. The molecular weight excluding hydrogens is 296 g/mol. The van der Waals surface area contributed by atoms with Gasteiger partial charge >= 0.3 is 0 Å². The molecule has 0 aromatic carbocycles. The van der Waals surface area contributed by atoms with Crippen LogP contribution in [0.15, 0.2) is 23.7 Å². The highest BCUT2D eigenvalue weighted by molar-refractivity contribution is 7.13. The zero-order valence-corrected chi connectivity index (χ0v) is 13.6. The van der Waals surface area contributed by atoms with Crippen LogP contribution in [0, 0.1) is 0 Å². The van der Waals surface area contributed by atoms with Gasteiger partial charge in [0.15, 0.2) is 0 Å². The number of rotatable bonds is 3. The van der Waals surface area contributed by atoms with Crippen molar-refractivity contribution in [3.8, 4) is 10.6 Å². The Labute approximate surface area is 134 Å². The second kappa shape index (κ2) is 5.77. The molecule has 0 saturated carbocycles. The van der Waals surface area contributed by atoms with Gasteiger partial charge in [-0.3, -0.25) is 14.9 Å². The summed E-state index contributed by atoms with van der Waals surface area (Å²) in [6.45, 7) is 6.13. The molecule has 0 spiro atoms. The van der Waals surface area contributed by atoms with Crippen molar-refractivity contribution in [3.05, 3.63) is 29.3 Å². The van der Waals surface area contributed by atoms with Gasteiger partial charge in [0, 0.05) is 43.8 Å². The number of aromatic nitrogens is 2. The molecule has 0 aliphatic carbocycles. The number of nitrogens with zero attached hydrogens (tertiary/aromatic N) is 3. The second-order valence-electron chi connectivity index (χ2n) is 6.52. The Balaban J connectivity index is 1.51. The van der Waals surface area contributed by atoms with Gasteiger partial charge in [0.05, 0.1) is 22.9 Å². The first-order chi connectivity index (χ1) is 10.7. The number of aliphatic hydroxyl groups excluding tert-OH is 1. The van der Waals surface area contributed by atoms with Crippen molar-refractivity contribution in [3.63, 3.8) is 0 Å². The van der Waals surface area contributed by atoms with E-state index in [9.17, 15) is 5.11 Å². The zero-order valence-electron chi connectivity index (χ0n) is 12.8. The second-order valence-corrected chi connectivity index (χ2v) is 7.47. The summed E-state index contributed by atoms with van der Waals surface area (Å²) in [6.07, 6.45) is 2.72. The minimum Gasteiger partial charge on any atom is -0.392 e. The summed E-state index contributed by atoms with van der Waals surface area (Å²) in [6, 6.07) is 5.22. The Hall–Kier alpha value is -1.21. The molecule has 4 heterocycles. The van der Waals surface area contributed by atoms with E-state index >= 15 is 0 Å². The number of fused-ring (bicyclic) bond motifs is 1. The van der Waals surface area contributed by atoms with Gasteiger partial charge in [-0.1, -0.05) is 6.07 Å². The molecule has 4 rings (SSSR count). The van der Waals surface area contributed by atoms with Crippen molar-refractivity contribution in [1.82, 2.24) is 20.0 Å². The van der Waals surface area contributed by atoms with Crippen LogP contribution in [0.4, 0.5) is 0 Å². The highest BCUT2D eigenvalue weighted by Gasteiger charge is 2.38. The number of nitrogens with one attached hydrogen (secondary N) is 1. The maximum Gasteiger partial charge on any atom is 0.0794 e. The fourth-order valence-corrected chi connectivity index (χ4v) is 4.54. The standard InChI is InChI=1S/C16H22N4OS/c1-11-7-20-10-14(21)5-13(20)9-19(11)8-12-6-17-18-16(12)15-3-2-4-22-15/h2-4,6,11,13-14,21H,5,7-10H2,1H3,(H,17,18)/t11-,13+,14-/m1/s1. The smallest absolute Gasteiger partial charge is 0.0794 e. The van der Waals surface area contributed by atoms with E-state index in [1.54, 1.807) is 11.3 Å². The Kier molecular flexibility index (Phi) is 3.78. The van der Waals surface area contributed by atoms with Gasteiger partial charge in [-0.25, -0.2) is 0 Å². The van der Waals surface area contributed by atoms with E-state index in [0.717, 1.165) is 38.3 Å². The van der Waals surface area contributed by atoms with Crippen LogP contribution >= 0.6 is 11.3 Å². The maximum absolute atomic E-state index is 9.88. The quantitative estimate of drug-likeness (QED) is 0.906. The number of hydrogen-bond acceptors (Lipinski definition) is 5. The summed E-state index contributed by atoms with van der Waals surface area (Å²) in [4.78, 5) is 6.22. The van der Waals surface area contributed by atoms with E-state index in [0.29, 0.717) is 12.1 Å². The molecule has 2 fully saturated rings. The topological polar surface area (TPSA) is 55.4 Å². The predicted molar refractivity (Wildman–Crippen MR) is 87.8 cm³/mol. The Morgan fingerprint density at radius 3 is 3.14 bits per heavy atom. The Bertz CT molecular complexity index is 626. The van der Waals surface area contributed by atoms with Gasteiger partial charge in [0.25, 0.3) is 0 Å².